The van der Waals surface area contributed by atoms with Crippen molar-refractivity contribution in [3.63, 3.8) is 0 Å². The molecule has 0 fully saturated rings. The highest BCUT2D eigenvalue weighted by Gasteiger charge is 2.21. The van der Waals surface area contributed by atoms with Crippen molar-refractivity contribution in [1.29, 1.82) is 0 Å². The van der Waals surface area contributed by atoms with Crippen LogP contribution in [0.15, 0.2) is 0 Å². The standard InChI is InChI=1S/C15H21NO3/c1-7-8(2)10(4)13(11(5)9(7)3)14(17)16-12(6)15(18)19/h12H,1-6H3,(H,16,17)(H,18,19)/t12-/m0/s1. The number of carbonyl (C=O) groups is 2. The number of aliphatic carboxylic acids is 1. The first kappa shape index (κ1) is 15.2. The summed E-state index contributed by atoms with van der Waals surface area (Å²) < 4.78 is 0. The summed E-state index contributed by atoms with van der Waals surface area (Å²) in [5.41, 5.74) is 5.75. The van der Waals surface area contributed by atoms with Gasteiger partial charge in [-0.25, -0.2) is 0 Å². The Kier molecular flexibility index (Phi) is 4.35. The first-order valence-corrected chi connectivity index (χ1v) is 6.29. The maximum absolute atomic E-state index is 12.2. The Morgan fingerprint density at radius 2 is 1.26 bits per heavy atom. The molecule has 104 valence electrons. The molecule has 1 rings (SSSR count). The van der Waals surface area contributed by atoms with Gasteiger partial charge in [-0.2, -0.15) is 0 Å². The van der Waals surface area contributed by atoms with E-state index in [1.807, 2.05) is 34.6 Å². The lowest BCUT2D eigenvalue weighted by Gasteiger charge is -2.19. The third-order valence-corrected chi connectivity index (χ3v) is 3.95. The Hall–Kier alpha value is -1.84. The average Bonchev–Trinajstić information content (AvgIpc) is 2.34. The number of carbonyl (C=O) groups excluding carboxylic acids is 1. The third-order valence-electron chi connectivity index (χ3n) is 3.95. The Morgan fingerprint density at radius 1 is 0.895 bits per heavy atom. The van der Waals surface area contributed by atoms with E-state index in [-0.39, 0.29) is 5.91 Å². The molecule has 0 aliphatic rings. The molecule has 0 unspecified atom stereocenters. The summed E-state index contributed by atoms with van der Waals surface area (Å²) in [5, 5.41) is 11.4. The molecule has 4 nitrogen and oxygen atoms in total. The first-order chi connectivity index (χ1) is 8.68. The third kappa shape index (κ3) is 2.78. The van der Waals surface area contributed by atoms with Crippen molar-refractivity contribution in [3.05, 3.63) is 33.4 Å². The molecule has 1 aromatic rings. The molecule has 0 spiro atoms. The lowest BCUT2D eigenvalue weighted by Crippen LogP contribution is -2.39. The zero-order valence-corrected chi connectivity index (χ0v) is 12.3. The minimum atomic E-state index is -1.04. The molecule has 19 heavy (non-hydrogen) atoms. The second-order valence-corrected chi connectivity index (χ2v) is 5.03. The van der Waals surface area contributed by atoms with Gasteiger partial charge in [0, 0.05) is 5.56 Å². The molecular weight excluding hydrogens is 242 g/mol. The zero-order valence-electron chi connectivity index (χ0n) is 12.3. The van der Waals surface area contributed by atoms with Crippen LogP contribution in [0.25, 0.3) is 0 Å². The number of rotatable bonds is 3. The monoisotopic (exact) mass is 263 g/mol. The molecule has 1 amide bonds. The Bertz CT molecular complexity index is 518. The molecular formula is C15H21NO3. The molecule has 0 radical (unpaired) electrons. The summed E-state index contributed by atoms with van der Waals surface area (Å²) in [4.78, 5) is 23.1. The fourth-order valence-corrected chi connectivity index (χ4v) is 2.17. The van der Waals surface area contributed by atoms with Gasteiger partial charge in [-0.3, -0.25) is 9.59 Å². The Morgan fingerprint density at radius 3 is 1.63 bits per heavy atom. The quantitative estimate of drug-likeness (QED) is 0.880. The van der Waals surface area contributed by atoms with E-state index in [0.717, 1.165) is 22.3 Å². The van der Waals surface area contributed by atoms with Crippen LogP contribution in [0.1, 0.15) is 45.1 Å². The van der Waals surface area contributed by atoms with Crippen molar-refractivity contribution in [2.24, 2.45) is 0 Å². The van der Waals surface area contributed by atoms with Crippen molar-refractivity contribution >= 4 is 11.9 Å². The molecule has 0 aromatic heterocycles. The summed E-state index contributed by atoms with van der Waals surface area (Å²) in [5.74, 6) is -1.36. The van der Waals surface area contributed by atoms with Crippen molar-refractivity contribution in [2.45, 2.75) is 47.6 Å². The summed E-state index contributed by atoms with van der Waals surface area (Å²) in [7, 11) is 0. The SMILES string of the molecule is Cc1c(C)c(C)c(C(=O)N[C@@H](C)C(=O)O)c(C)c1C. The van der Waals surface area contributed by atoms with E-state index in [4.69, 9.17) is 5.11 Å². The highest BCUT2D eigenvalue weighted by atomic mass is 16.4. The minimum absolute atomic E-state index is 0.323. The number of benzene rings is 1. The van der Waals surface area contributed by atoms with Crippen LogP contribution in [-0.2, 0) is 4.79 Å². The van der Waals surface area contributed by atoms with Crippen molar-refractivity contribution in [3.8, 4) is 0 Å². The first-order valence-electron chi connectivity index (χ1n) is 6.29. The van der Waals surface area contributed by atoms with Crippen LogP contribution < -0.4 is 5.32 Å². The van der Waals surface area contributed by atoms with Gasteiger partial charge in [-0.1, -0.05) is 0 Å². The van der Waals surface area contributed by atoms with Gasteiger partial charge >= 0.3 is 5.97 Å². The van der Waals surface area contributed by atoms with Gasteiger partial charge in [-0.05, 0) is 69.4 Å². The van der Waals surface area contributed by atoms with Gasteiger partial charge in [0.05, 0.1) is 0 Å². The maximum Gasteiger partial charge on any atom is 0.325 e. The minimum Gasteiger partial charge on any atom is -0.480 e. The van der Waals surface area contributed by atoms with E-state index < -0.39 is 12.0 Å². The summed E-state index contributed by atoms with van der Waals surface area (Å²) in [6.07, 6.45) is 0. The number of carboxylic acids is 1. The molecule has 1 aromatic carbocycles. The molecule has 0 bridgehead atoms. The highest BCUT2D eigenvalue weighted by Crippen LogP contribution is 2.25. The van der Waals surface area contributed by atoms with Crippen LogP contribution in [0.4, 0.5) is 0 Å². The predicted molar refractivity (Wildman–Crippen MR) is 74.7 cm³/mol. The van der Waals surface area contributed by atoms with Crippen molar-refractivity contribution in [2.75, 3.05) is 0 Å². The molecule has 0 saturated heterocycles. The van der Waals surface area contributed by atoms with Gasteiger partial charge in [-0.15, -0.1) is 0 Å². The molecule has 0 aliphatic heterocycles. The topological polar surface area (TPSA) is 66.4 Å². The van der Waals surface area contributed by atoms with Gasteiger partial charge in [0.25, 0.3) is 5.91 Å². The van der Waals surface area contributed by atoms with Crippen LogP contribution >= 0.6 is 0 Å². The van der Waals surface area contributed by atoms with Gasteiger partial charge in [0.15, 0.2) is 0 Å². The van der Waals surface area contributed by atoms with Crippen LogP contribution in [0.2, 0.25) is 0 Å². The van der Waals surface area contributed by atoms with Gasteiger partial charge < -0.3 is 10.4 Å². The van der Waals surface area contributed by atoms with E-state index in [9.17, 15) is 9.59 Å². The summed E-state index contributed by atoms with van der Waals surface area (Å²) >= 11 is 0. The van der Waals surface area contributed by atoms with Crippen LogP contribution in [0.5, 0.6) is 0 Å². The molecule has 2 N–H and O–H groups in total. The number of nitrogens with one attached hydrogen (secondary N) is 1. The molecule has 0 saturated carbocycles. The highest BCUT2D eigenvalue weighted by molar-refractivity contribution is 5.99. The second-order valence-electron chi connectivity index (χ2n) is 5.03. The lowest BCUT2D eigenvalue weighted by atomic mass is 9.89. The largest absolute Gasteiger partial charge is 0.480 e. The van der Waals surface area contributed by atoms with E-state index in [1.165, 1.54) is 12.5 Å². The summed E-state index contributed by atoms with van der Waals surface area (Å²) in [6, 6.07) is -0.895. The average molecular weight is 263 g/mol. The number of hydrogen-bond donors (Lipinski definition) is 2. The predicted octanol–water partition coefficient (Wildman–Crippen LogP) is 2.43. The van der Waals surface area contributed by atoms with Crippen LogP contribution in [-0.4, -0.2) is 23.0 Å². The Labute approximate surface area is 113 Å². The lowest BCUT2D eigenvalue weighted by molar-refractivity contribution is -0.138. The Balaban J connectivity index is 3.28. The van der Waals surface area contributed by atoms with E-state index in [2.05, 4.69) is 5.32 Å². The smallest absolute Gasteiger partial charge is 0.325 e. The van der Waals surface area contributed by atoms with Crippen LogP contribution in [0, 0.1) is 34.6 Å². The number of amides is 1. The van der Waals surface area contributed by atoms with E-state index in [0.29, 0.717) is 5.56 Å². The molecule has 0 aliphatic carbocycles. The van der Waals surface area contributed by atoms with E-state index in [1.54, 1.807) is 0 Å². The van der Waals surface area contributed by atoms with Gasteiger partial charge in [0.1, 0.15) is 6.04 Å². The summed E-state index contributed by atoms with van der Waals surface area (Å²) in [6.45, 7) is 11.2. The van der Waals surface area contributed by atoms with Gasteiger partial charge in [0.2, 0.25) is 0 Å². The molecule has 1 atom stereocenters. The number of carboxylic acid groups (broad SMARTS) is 1. The second kappa shape index (κ2) is 5.43. The number of hydrogen-bond acceptors (Lipinski definition) is 2. The zero-order chi connectivity index (χ0) is 14.9. The molecule has 0 heterocycles. The van der Waals surface area contributed by atoms with Crippen molar-refractivity contribution < 1.29 is 14.7 Å². The normalized spacial score (nSPS) is 12.1. The maximum atomic E-state index is 12.2. The fraction of sp³-hybridized carbons (Fsp3) is 0.467. The van der Waals surface area contributed by atoms with Crippen LogP contribution in [0.3, 0.4) is 0 Å². The van der Waals surface area contributed by atoms with E-state index >= 15 is 0 Å². The fourth-order valence-electron chi connectivity index (χ4n) is 2.17. The molecule has 4 heteroatoms. The van der Waals surface area contributed by atoms with Crippen molar-refractivity contribution in [1.82, 2.24) is 5.32 Å².